The van der Waals surface area contributed by atoms with Gasteiger partial charge in [-0.05, 0) is 47.9 Å². The molecule has 0 aliphatic heterocycles. The summed E-state index contributed by atoms with van der Waals surface area (Å²) in [6.45, 7) is 1.85. The van der Waals surface area contributed by atoms with Gasteiger partial charge in [-0.25, -0.2) is 8.42 Å². The van der Waals surface area contributed by atoms with Crippen molar-refractivity contribution in [1.82, 2.24) is 0 Å². The van der Waals surface area contributed by atoms with E-state index < -0.39 is 9.05 Å². The molecule has 0 amide bonds. The van der Waals surface area contributed by atoms with Crippen LogP contribution in [-0.4, -0.2) is 15.5 Å². The van der Waals surface area contributed by atoms with Gasteiger partial charge in [0.05, 0.1) is 12.0 Å². The van der Waals surface area contributed by atoms with E-state index in [-0.39, 0.29) is 4.90 Å². The second kappa shape index (κ2) is 5.23. The minimum Gasteiger partial charge on any atom is -0.497 e. The quantitative estimate of drug-likeness (QED) is 0.813. The molecule has 0 heterocycles. The van der Waals surface area contributed by atoms with Gasteiger partial charge < -0.3 is 4.74 Å². The zero-order chi connectivity index (χ0) is 14.0. The fourth-order valence-corrected chi connectivity index (χ4v) is 2.74. The number of halogens is 1. The van der Waals surface area contributed by atoms with Crippen molar-refractivity contribution in [2.24, 2.45) is 0 Å². The van der Waals surface area contributed by atoms with Crippen molar-refractivity contribution in [3.05, 3.63) is 48.0 Å². The molecule has 0 bridgehead atoms. The maximum Gasteiger partial charge on any atom is 0.261 e. The van der Waals surface area contributed by atoms with E-state index in [1.807, 2.05) is 31.2 Å². The Morgan fingerprint density at radius 2 is 1.84 bits per heavy atom. The van der Waals surface area contributed by atoms with E-state index in [1.54, 1.807) is 19.2 Å². The Labute approximate surface area is 117 Å². The highest BCUT2D eigenvalue weighted by Crippen LogP contribution is 2.29. The molecule has 0 fully saturated rings. The summed E-state index contributed by atoms with van der Waals surface area (Å²) < 4.78 is 27.7. The van der Waals surface area contributed by atoms with E-state index in [2.05, 4.69) is 0 Å². The first-order valence-corrected chi connectivity index (χ1v) is 7.92. The molecule has 0 aliphatic carbocycles. The summed E-state index contributed by atoms with van der Waals surface area (Å²) in [5, 5.41) is 0. The summed E-state index contributed by atoms with van der Waals surface area (Å²) in [5.74, 6) is 0.756. The van der Waals surface area contributed by atoms with E-state index >= 15 is 0 Å². The average Bonchev–Trinajstić information content (AvgIpc) is 2.37. The molecule has 0 spiro atoms. The van der Waals surface area contributed by atoms with Crippen LogP contribution in [0.3, 0.4) is 0 Å². The second-order valence-corrected chi connectivity index (χ2v) is 6.71. The number of rotatable bonds is 3. The first kappa shape index (κ1) is 13.9. The van der Waals surface area contributed by atoms with Gasteiger partial charge in [0.1, 0.15) is 5.75 Å². The number of ether oxygens (including phenoxy) is 1. The van der Waals surface area contributed by atoms with Crippen molar-refractivity contribution in [1.29, 1.82) is 0 Å². The molecular weight excluding hydrogens is 284 g/mol. The topological polar surface area (TPSA) is 43.4 Å². The summed E-state index contributed by atoms with van der Waals surface area (Å²) in [5.41, 5.74) is 2.76. The fourth-order valence-electron chi connectivity index (χ4n) is 1.90. The van der Waals surface area contributed by atoms with Crippen molar-refractivity contribution in [3.63, 3.8) is 0 Å². The largest absolute Gasteiger partial charge is 0.497 e. The molecule has 0 radical (unpaired) electrons. The minimum atomic E-state index is -3.69. The molecule has 2 aromatic carbocycles. The molecule has 0 saturated carbocycles. The zero-order valence-electron chi connectivity index (χ0n) is 10.6. The monoisotopic (exact) mass is 296 g/mol. The number of methoxy groups -OCH3 is 1. The maximum atomic E-state index is 11.3. The van der Waals surface area contributed by atoms with E-state index in [9.17, 15) is 8.42 Å². The molecule has 0 aliphatic rings. The lowest BCUT2D eigenvalue weighted by Crippen LogP contribution is -1.93. The van der Waals surface area contributed by atoms with Crippen molar-refractivity contribution in [2.45, 2.75) is 11.8 Å². The first-order valence-electron chi connectivity index (χ1n) is 5.61. The average molecular weight is 297 g/mol. The van der Waals surface area contributed by atoms with Crippen LogP contribution in [0.5, 0.6) is 5.75 Å². The van der Waals surface area contributed by atoms with Crippen LogP contribution < -0.4 is 4.74 Å². The van der Waals surface area contributed by atoms with Crippen LogP contribution >= 0.6 is 10.7 Å². The van der Waals surface area contributed by atoms with Crippen molar-refractivity contribution >= 4 is 19.7 Å². The molecule has 5 heteroatoms. The third-order valence-electron chi connectivity index (χ3n) is 2.86. The number of benzene rings is 2. The number of aryl methyl sites for hydroxylation is 1. The lowest BCUT2D eigenvalue weighted by Gasteiger charge is -2.09. The molecule has 0 aromatic heterocycles. The summed E-state index contributed by atoms with van der Waals surface area (Å²) in [6, 6.07) is 12.4. The Kier molecular flexibility index (Phi) is 3.83. The third kappa shape index (κ3) is 3.08. The molecular formula is C14H13ClO3S. The van der Waals surface area contributed by atoms with Crippen LogP contribution in [0.2, 0.25) is 0 Å². The van der Waals surface area contributed by atoms with Gasteiger partial charge in [0.2, 0.25) is 0 Å². The van der Waals surface area contributed by atoms with Gasteiger partial charge >= 0.3 is 0 Å². The van der Waals surface area contributed by atoms with E-state index in [0.717, 1.165) is 22.4 Å². The molecule has 0 atom stereocenters. The van der Waals surface area contributed by atoms with Crippen LogP contribution in [0.25, 0.3) is 11.1 Å². The summed E-state index contributed by atoms with van der Waals surface area (Å²) in [7, 11) is 3.25. The smallest absolute Gasteiger partial charge is 0.261 e. The first-order chi connectivity index (χ1) is 8.91. The molecule has 19 heavy (non-hydrogen) atoms. The molecule has 2 rings (SSSR count). The van der Waals surface area contributed by atoms with Gasteiger partial charge in [0, 0.05) is 10.7 Å². The molecule has 3 nitrogen and oxygen atoms in total. The Morgan fingerprint density at radius 3 is 2.42 bits per heavy atom. The van der Waals surface area contributed by atoms with E-state index in [1.165, 1.54) is 6.07 Å². The number of hydrogen-bond donors (Lipinski definition) is 0. The van der Waals surface area contributed by atoms with Crippen molar-refractivity contribution < 1.29 is 13.2 Å². The van der Waals surface area contributed by atoms with Gasteiger partial charge in [-0.3, -0.25) is 0 Å². The van der Waals surface area contributed by atoms with Crippen molar-refractivity contribution in [2.75, 3.05) is 7.11 Å². The molecule has 0 saturated heterocycles. The van der Waals surface area contributed by atoms with Crippen LogP contribution in [0.4, 0.5) is 0 Å². The van der Waals surface area contributed by atoms with Gasteiger partial charge in [0.25, 0.3) is 9.05 Å². The maximum absolute atomic E-state index is 11.3. The Morgan fingerprint density at radius 1 is 1.11 bits per heavy atom. The highest BCUT2D eigenvalue weighted by atomic mass is 35.7. The standard InChI is InChI=1S/C14H13ClO3S/c1-10-8-13(19(15,16)17)6-7-14(10)11-4-3-5-12(9-11)18-2/h3-9H,1-2H3. The SMILES string of the molecule is COc1cccc(-c2ccc(S(=O)(=O)Cl)cc2C)c1. The summed E-state index contributed by atoms with van der Waals surface area (Å²) in [6.07, 6.45) is 0. The van der Waals surface area contributed by atoms with Gasteiger partial charge in [0.15, 0.2) is 0 Å². The van der Waals surface area contributed by atoms with Gasteiger partial charge in [-0.15, -0.1) is 0 Å². The zero-order valence-corrected chi connectivity index (χ0v) is 12.1. The van der Waals surface area contributed by atoms with E-state index in [0.29, 0.717) is 0 Å². The molecule has 100 valence electrons. The van der Waals surface area contributed by atoms with Crippen LogP contribution in [0, 0.1) is 6.92 Å². The van der Waals surface area contributed by atoms with Gasteiger partial charge in [-0.2, -0.15) is 0 Å². The predicted octanol–water partition coefficient (Wildman–Crippen LogP) is 3.60. The lowest BCUT2D eigenvalue weighted by molar-refractivity contribution is 0.415. The molecule has 0 unspecified atom stereocenters. The highest BCUT2D eigenvalue weighted by Gasteiger charge is 2.12. The minimum absolute atomic E-state index is 0.110. The van der Waals surface area contributed by atoms with Crippen LogP contribution in [0.1, 0.15) is 5.56 Å². The normalized spacial score (nSPS) is 11.3. The Bertz CT molecular complexity index is 708. The highest BCUT2D eigenvalue weighted by molar-refractivity contribution is 8.13. The predicted molar refractivity (Wildman–Crippen MR) is 76.2 cm³/mol. The summed E-state index contributed by atoms with van der Waals surface area (Å²) in [4.78, 5) is 0.110. The van der Waals surface area contributed by atoms with E-state index in [4.69, 9.17) is 15.4 Å². The van der Waals surface area contributed by atoms with Crippen LogP contribution in [-0.2, 0) is 9.05 Å². The number of hydrogen-bond acceptors (Lipinski definition) is 3. The molecule has 0 N–H and O–H groups in total. The second-order valence-electron chi connectivity index (χ2n) is 4.15. The third-order valence-corrected chi connectivity index (χ3v) is 4.21. The van der Waals surface area contributed by atoms with Crippen LogP contribution in [0.15, 0.2) is 47.4 Å². The Balaban J connectivity index is 2.52. The fraction of sp³-hybridized carbons (Fsp3) is 0.143. The molecule has 2 aromatic rings. The lowest BCUT2D eigenvalue weighted by atomic mass is 10.0. The van der Waals surface area contributed by atoms with Crippen molar-refractivity contribution in [3.8, 4) is 16.9 Å². The summed E-state index contributed by atoms with van der Waals surface area (Å²) >= 11 is 0. The Hall–Kier alpha value is -1.52. The van der Waals surface area contributed by atoms with Gasteiger partial charge in [-0.1, -0.05) is 18.2 Å².